The quantitative estimate of drug-likeness (QED) is 0.102. The Morgan fingerprint density at radius 1 is 0.872 bits per heavy atom. The molecule has 202 valence electrons. The van der Waals surface area contributed by atoms with Crippen LogP contribution in [0.3, 0.4) is 0 Å². The Bertz CT molecular complexity index is 1580. The zero-order valence-corrected chi connectivity index (χ0v) is 21.7. The molecular weight excluding hydrogens is 522 g/mol. The van der Waals surface area contributed by atoms with Crippen molar-refractivity contribution in [2.75, 3.05) is 6.26 Å². The fourth-order valence-electron chi connectivity index (χ4n) is 3.44. The minimum Gasteiger partial charge on any atom is -0.748 e. The third kappa shape index (κ3) is 9.58. The summed E-state index contributed by atoms with van der Waals surface area (Å²) in [4.78, 5) is 24.8. The number of carbonyl (C=O) groups is 2. The second kappa shape index (κ2) is 13.2. The Labute approximate surface area is 225 Å². The maximum atomic E-state index is 12.8. The van der Waals surface area contributed by atoms with Crippen LogP contribution in [0.2, 0.25) is 0 Å². The SMILES string of the molecule is CS(=O)(=O)[O-].N=C(N)c1cc(CNC(=O)OCc2ccccc2)ccc1C(=O)Oc1ccc2ccccc2c1. The van der Waals surface area contributed by atoms with E-state index in [4.69, 9.17) is 33.6 Å². The van der Waals surface area contributed by atoms with Crippen LogP contribution in [-0.4, -0.2) is 37.1 Å². The number of amidine groups is 1. The van der Waals surface area contributed by atoms with Gasteiger partial charge in [-0.3, -0.25) is 5.41 Å². The molecule has 4 aromatic rings. The molecule has 0 saturated heterocycles. The molecular formula is C28H26N3O7S-. The van der Waals surface area contributed by atoms with Crippen molar-refractivity contribution < 1.29 is 32.0 Å². The topological polar surface area (TPSA) is 172 Å². The van der Waals surface area contributed by atoms with Gasteiger partial charge in [0.15, 0.2) is 0 Å². The zero-order valence-electron chi connectivity index (χ0n) is 20.9. The van der Waals surface area contributed by atoms with E-state index in [1.165, 1.54) is 6.07 Å². The molecule has 0 fully saturated rings. The van der Waals surface area contributed by atoms with Gasteiger partial charge in [0.05, 0.1) is 15.7 Å². The maximum absolute atomic E-state index is 12.8. The Morgan fingerprint density at radius 3 is 2.18 bits per heavy atom. The molecule has 0 aliphatic heterocycles. The molecule has 0 bridgehead atoms. The monoisotopic (exact) mass is 548 g/mol. The van der Waals surface area contributed by atoms with E-state index < -0.39 is 22.2 Å². The van der Waals surface area contributed by atoms with E-state index >= 15 is 0 Å². The number of alkyl carbamates (subject to hydrolysis) is 1. The van der Waals surface area contributed by atoms with Gasteiger partial charge in [0.2, 0.25) is 0 Å². The van der Waals surface area contributed by atoms with Crippen molar-refractivity contribution in [3.63, 3.8) is 0 Å². The van der Waals surface area contributed by atoms with Gasteiger partial charge < -0.3 is 25.1 Å². The highest BCUT2D eigenvalue weighted by Crippen LogP contribution is 2.22. The van der Waals surface area contributed by atoms with Crippen molar-refractivity contribution in [1.29, 1.82) is 5.41 Å². The predicted molar refractivity (Wildman–Crippen MR) is 145 cm³/mol. The van der Waals surface area contributed by atoms with Crippen LogP contribution >= 0.6 is 0 Å². The van der Waals surface area contributed by atoms with E-state index in [9.17, 15) is 9.59 Å². The molecule has 0 aliphatic rings. The highest BCUT2D eigenvalue weighted by molar-refractivity contribution is 7.84. The van der Waals surface area contributed by atoms with E-state index in [2.05, 4.69) is 5.32 Å². The van der Waals surface area contributed by atoms with Crippen molar-refractivity contribution in [1.82, 2.24) is 5.32 Å². The van der Waals surface area contributed by atoms with Gasteiger partial charge in [-0.1, -0.05) is 66.7 Å². The number of nitrogens with one attached hydrogen (secondary N) is 2. The molecule has 0 spiro atoms. The zero-order chi connectivity index (χ0) is 28.4. The fraction of sp³-hybridized carbons (Fsp3) is 0.107. The number of rotatable bonds is 7. The summed E-state index contributed by atoms with van der Waals surface area (Å²) in [6, 6.07) is 27.2. The van der Waals surface area contributed by atoms with Crippen LogP contribution in [0.25, 0.3) is 10.8 Å². The molecule has 0 heterocycles. The van der Waals surface area contributed by atoms with Crippen LogP contribution in [0.4, 0.5) is 4.79 Å². The first-order chi connectivity index (χ1) is 18.5. The Morgan fingerprint density at radius 2 is 1.51 bits per heavy atom. The molecule has 4 aromatic carbocycles. The molecule has 0 aromatic heterocycles. The van der Waals surface area contributed by atoms with Crippen molar-refractivity contribution in [2.24, 2.45) is 5.73 Å². The lowest BCUT2D eigenvalue weighted by Gasteiger charge is -2.12. The molecule has 0 unspecified atom stereocenters. The molecule has 10 nitrogen and oxygen atoms in total. The highest BCUT2D eigenvalue weighted by Gasteiger charge is 2.17. The summed E-state index contributed by atoms with van der Waals surface area (Å²) in [5.41, 5.74) is 7.65. The van der Waals surface area contributed by atoms with Crippen LogP contribution < -0.4 is 15.8 Å². The summed E-state index contributed by atoms with van der Waals surface area (Å²) in [6.07, 6.45) is 0.0283. The van der Waals surface area contributed by atoms with Gasteiger partial charge in [0.1, 0.15) is 18.2 Å². The smallest absolute Gasteiger partial charge is 0.407 e. The van der Waals surface area contributed by atoms with Crippen molar-refractivity contribution in [2.45, 2.75) is 13.2 Å². The summed E-state index contributed by atoms with van der Waals surface area (Å²) in [5, 5.41) is 12.5. The standard InChI is InChI=1S/C27H23N3O4.CH4O3S/c28-25(29)24-14-19(16-30-27(32)33-17-18-6-2-1-3-7-18)10-13-23(24)26(31)34-22-12-11-20-8-4-5-9-21(20)15-22;1-5(2,3)4/h1-15H,16-17H2,(H3,28,29)(H,30,32);1H3,(H,2,3,4)/p-1. The minimum absolute atomic E-state index is 0.147. The summed E-state index contributed by atoms with van der Waals surface area (Å²) in [5.74, 6) is -0.508. The van der Waals surface area contributed by atoms with Crippen LogP contribution in [0.5, 0.6) is 5.75 Å². The van der Waals surface area contributed by atoms with Crippen LogP contribution in [-0.2, 0) is 28.0 Å². The maximum Gasteiger partial charge on any atom is 0.407 e. The molecule has 4 rings (SSSR count). The van der Waals surface area contributed by atoms with E-state index in [1.807, 2.05) is 60.7 Å². The van der Waals surface area contributed by atoms with Gasteiger partial charge in [0.25, 0.3) is 0 Å². The second-order valence-corrected chi connectivity index (χ2v) is 9.72. The number of nitrogens with two attached hydrogens (primary N) is 1. The van der Waals surface area contributed by atoms with Gasteiger partial charge in [-0.15, -0.1) is 0 Å². The number of ether oxygens (including phenoxy) is 2. The van der Waals surface area contributed by atoms with E-state index in [0.29, 0.717) is 17.6 Å². The fourth-order valence-corrected chi connectivity index (χ4v) is 3.44. The van der Waals surface area contributed by atoms with Gasteiger partial charge in [0, 0.05) is 18.4 Å². The normalized spacial score (nSPS) is 10.6. The minimum atomic E-state index is -3.92. The number of carbonyl (C=O) groups excluding carboxylic acids is 2. The lowest BCUT2D eigenvalue weighted by molar-refractivity contribution is 0.0734. The first-order valence-corrected chi connectivity index (χ1v) is 13.3. The Kier molecular flexibility index (Phi) is 9.74. The number of amides is 1. The van der Waals surface area contributed by atoms with Crippen LogP contribution in [0.15, 0.2) is 91.0 Å². The number of hydrogen-bond acceptors (Lipinski definition) is 8. The van der Waals surface area contributed by atoms with Crippen molar-refractivity contribution in [3.05, 3.63) is 113 Å². The molecule has 0 aliphatic carbocycles. The summed E-state index contributed by atoms with van der Waals surface area (Å²) < 4.78 is 38.0. The molecule has 39 heavy (non-hydrogen) atoms. The largest absolute Gasteiger partial charge is 0.748 e. The number of hydrogen-bond donors (Lipinski definition) is 3. The molecule has 0 radical (unpaired) electrons. The average Bonchev–Trinajstić information content (AvgIpc) is 2.90. The van der Waals surface area contributed by atoms with Gasteiger partial charge in [-0.25, -0.2) is 18.0 Å². The van der Waals surface area contributed by atoms with Crippen molar-refractivity contribution in [3.8, 4) is 5.75 Å². The summed E-state index contributed by atoms with van der Waals surface area (Å²) >= 11 is 0. The first-order valence-electron chi connectivity index (χ1n) is 11.5. The lowest BCUT2D eigenvalue weighted by Crippen LogP contribution is -2.24. The van der Waals surface area contributed by atoms with Crippen LogP contribution in [0, 0.1) is 5.41 Å². The van der Waals surface area contributed by atoms with E-state index in [-0.39, 0.29) is 30.1 Å². The number of nitrogen functional groups attached to an aromatic ring is 1. The van der Waals surface area contributed by atoms with Gasteiger partial charge >= 0.3 is 12.1 Å². The number of fused-ring (bicyclic) bond motifs is 1. The van der Waals surface area contributed by atoms with E-state index in [0.717, 1.165) is 16.3 Å². The van der Waals surface area contributed by atoms with Crippen LogP contribution in [0.1, 0.15) is 27.0 Å². The highest BCUT2D eigenvalue weighted by atomic mass is 32.2. The van der Waals surface area contributed by atoms with Crippen molar-refractivity contribution >= 4 is 38.8 Å². The number of benzene rings is 4. The summed E-state index contributed by atoms with van der Waals surface area (Å²) in [6.45, 7) is 0.304. The molecule has 0 saturated carbocycles. The Balaban J connectivity index is 0.000000771. The predicted octanol–water partition coefficient (Wildman–Crippen LogP) is 3.93. The second-order valence-electron chi connectivity index (χ2n) is 8.31. The van der Waals surface area contributed by atoms with E-state index in [1.54, 1.807) is 24.3 Å². The lowest BCUT2D eigenvalue weighted by atomic mass is 10.0. The number of esters is 1. The third-order valence-electron chi connectivity index (χ3n) is 5.18. The first kappa shape index (κ1) is 28.8. The average molecular weight is 549 g/mol. The Hall–Kier alpha value is -4.74. The molecule has 4 N–H and O–H groups in total. The third-order valence-corrected chi connectivity index (χ3v) is 5.18. The molecule has 0 atom stereocenters. The van der Waals surface area contributed by atoms with Gasteiger partial charge in [-0.2, -0.15) is 0 Å². The molecule has 11 heteroatoms. The summed E-state index contributed by atoms with van der Waals surface area (Å²) in [7, 11) is -3.92. The van der Waals surface area contributed by atoms with Gasteiger partial charge in [-0.05, 0) is 46.2 Å². The molecule has 1 amide bonds.